The number of nitrogens with zero attached hydrogens (tertiary/aromatic N) is 1. The molecule has 4 heteroatoms. The molecule has 0 radical (unpaired) electrons. The van der Waals surface area contributed by atoms with E-state index in [1.54, 1.807) is 24.1 Å². The normalized spacial score (nSPS) is 10.9. The molecule has 1 aromatic heterocycles. The second-order valence-electron chi connectivity index (χ2n) is 5.34. The monoisotopic (exact) mass is 313 g/mol. The van der Waals surface area contributed by atoms with Crippen LogP contribution in [0.5, 0.6) is 0 Å². The molecule has 112 valence electrons. The van der Waals surface area contributed by atoms with E-state index in [-0.39, 0.29) is 5.91 Å². The molecule has 0 unspecified atom stereocenters. The lowest BCUT2D eigenvalue weighted by atomic mass is 10.1. The van der Waals surface area contributed by atoms with Crippen LogP contribution in [-0.4, -0.2) is 17.9 Å². The van der Waals surface area contributed by atoms with Gasteiger partial charge in [0.15, 0.2) is 5.76 Å². The van der Waals surface area contributed by atoms with Crippen LogP contribution in [0.1, 0.15) is 21.7 Å². The largest absolute Gasteiger partial charge is 0.451 e. The summed E-state index contributed by atoms with van der Waals surface area (Å²) < 4.78 is 5.72. The van der Waals surface area contributed by atoms with Crippen molar-refractivity contribution in [2.24, 2.45) is 0 Å². The number of carbonyl (C=O) groups is 1. The van der Waals surface area contributed by atoms with E-state index >= 15 is 0 Å². The summed E-state index contributed by atoms with van der Waals surface area (Å²) in [5.41, 5.74) is 2.58. The van der Waals surface area contributed by atoms with E-state index < -0.39 is 0 Å². The van der Waals surface area contributed by atoms with Crippen LogP contribution in [-0.2, 0) is 6.54 Å². The minimum absolute atomic E-state index is 0.131. The fraction of sp³-hybridized carbons (Fsp3) is 0.167. The zero-order valence-corrected chi connectivity index (χ0v) is 13.2. The number of hydrogen-bond donors (Lipinski definition) is 0. The Labute approximate surface area is 134 Å². The van der Waals surface area contributed by atoms with Gasteiger partial charge >= 0.3 is 0 Å². The smallest absolute Gasteiger partial charge is 0.289 e. The minimum atomic E-state index is -0.131. The Morgan fingerprint density at radius 2 is 1.91 bits per heavy atom. The number of aryl methyl sites for hydroxylation is 1. The van der Waals surface area contributed by atoms with Gasteiger partial charge in [0.25, 0.3) is 5.91 Å². The van der Waals surface area contributed by atoms with E-state index in [9.17, 15) is 4.79 Å². The van der Waals surface area contributed by atoms with Gasteiger partial charge in [-0.1, -0.05) is 41.9 Å². The SMILES string of the molecule is Cc1c(C(=O)N(C)Cc2ccccc2)oc2ccc(Cl)cc12. The predicted molar refractivity (Wildman–Crippen MR) is 88.2 cm³/mol. The first kappa shape index (κ1) is 14.7. The molecular weight excluding hydrogens is 298 g/mol. The van der Waals surface area contributed by atoms with E-state index in [4.69, 9.17) is 16.0 Å². The number of carbonyl (C=O) groups excluding carboxylic acids is 1. The van der Waals surface area contributed by atoms with Gasteiger partial charge in [0.05, 0.1) is 0 Å². The van der Waals surface area contributed by atoms with Crippen LogP contribution in [0.3, 0.4) is 0 Å². The summed E-state index contributed by atoms with van der Waals surface area (Å²) in [5.74, 6) is 0.240. The summed E-state index contributed by atoms with van der Waals surface area (Å²) in [7, 11) is 1.77. The quantitative estimate of drug-likeness (QED) is 0.704. The second-order valence-corrected chi connectivity index (χ2v) is 5.78. The van der Waals surface area contributed by atoms with Crippen molar-refractivity contribution in [3.63, 3.8) is 0 Å². The Kier molecular flexibility index (Phi) is 3.90. The standard InChI is InChI=1S/C18H16ClNO2/c1-12-15-10-14(19)8-9-16(15)22-17(12)18(21)20(2)11-13-6-4-3-5-7-13/h3-10H,11H2,1-2H3. The molecule has 22 heavy (non-hydrogen) atoms. The zero-order chi connectivity index (χ0) is 15.7. The Balaban J connectivity index is 1.90. The lowest BCUT2D eigenvalue weighted by Gasteiger charge is -2.16. The number of amides is 1. The molecule has 0 aliphatic heterocycles. The molecule has 1 amide bonds. The van der Waals surface area contributed by atoms with Crippen LogP contribution in [0.15, 0.2) is 52.9 Å². The highest BCUT2D eigenvalue weighted by Crippen LogP contribution is 2.28. The number of furan rings is 1. The average Bonchev–Trinajstić information content (AvgIpc) is 2.84. The Hall–Kier alpha value is -2.26. The Morgan fingerprint density at radius 3 is 2.64 bits per heavy atom. The summed E-state index contributed by atoms with van der Waals surface area (Å²) in [4.78, 5) is 14.3. The van der Waals surface area contributed by atoms with Gasteiger partial charge in [-0.2, -0.15) is 0 Å². The lowest BCUT2D eigenvalue weighted by Crippen LogP contribution is -2.26. The number of rotatable bonds is 3. The van der Waals surface area contributed by atoms with Gasteiger partial charge in [-0.25, -0.2) is 0 Å². The molecule has 2 aromatic carbocycles. The van der Waals surface area contributed by atoms with Crippen molar-refractivity contribution < 1.29 is 9.21 Å². The van der Waals surface area contributed by atoms with Crippen LogP contribution >= 0.6 is 11.6 Å². The number of halogens is 1. The van der Waals surface area contributed by atoms with Crippen molar-refractivity contribution in [2.75, 3.05) is 7.05 Å². The first-order valence-corrected chi connectivity index (χ1v) is 7.42. The maximum atomic E-state index is 12.6. The molecule has 0 N–H and O–H groups in total. The highest BCUT2D eigenvalue weighted by Gasteiger charge is 2.21. The lowest BCUT2D eigenvalue weighted by molar-refractivity contribution is 0.0755. The molecule has 0 spiro atoms. The van der Waals surface area contributed by atoms with Gasteiger partial charge in [-0.3, -0.25) is 4.79 Å². The van der Waals surface area contributed by atoms with Crippen molar-refractivity contribution in [3.05, 3.63) is 70.4 Å². The summed E-state index contributed by atoms with van der Waals surface area (Å²) in [6.45, 7) is 2.42. The second kappa shape index (κ2) is 5.85. The van der Waals surface area contributed by atoms with Crippen LogP contribution < -0.4 is 0 Å². The van der Waals surface area contributed by atoms with Gasteiger partial charge in [0.2, 0.25) is 0 Å². The first-order valence-electron chi connectivity index (χ1n) is 7.04. The van der Waals surface area contributed by atoms with E-state index in [2.05, 4.69) is 0 Å². The third-order valence-corrected chi connectivity index (χ3v) is 3.94. The van der Waals surface area contributed by atoms with Crippen molar-refractivity contribution in [2.45, 2.75) is 13.5 Å². The Bertz CT molecular complexity index is 824. The van der Waals surface area contributed by atoms with Crippen molar-refractivity contribution >= 4 is 28.5 Å². The van der Waals surface area contributed by atoms with Crippen LogP contribution in [0.2, 0.25) is 5.02 Å². The number of fused-ring (bicyclic) bond motifs is 1. The maximum absolute atomic E-state index is 12.6. The van der Waals surface area contributed by atoms with Crippen LogP contribution in [0.25, 0.3) is 11.0 Å². The molecular formula is C18H16ClNO2. The van der Waals surface area contributed by atoms with Crippen LogP contribution in [0.4, 0.5) is 0 Å². The molecule has 0 aliphatic rings. The van der Waals surface area contributed by atoms with Gasteiger partial charge in [-0.05, 0) is 30.7 Å². The number of benzene rings is 2. The summed E-state index contributed by atoms with van der Waals surface area (Å²) in [6.07, 6.45) is 0. The Morgan fingerprint density at radius 1 is 1.18 bits per heavy atom. The molecule has 0 fully saturated rings. The number of hydrogen-bond acceptors (Lipinski definition) is 2. The fourth-order valence-electron chi connectivity index (χ4n) is 2.50. The molecule has 3 aromatic rings. The summed E-state index contributed by atoms with van der Waals surface area (Å²) >= 11 is 6.01. The molecule has 3 nitrogen and oxygen atoms in total. The van der Waals surface area contributed by atoms with E-state index in [0.29, 0.717) is 22.9 Å². The van der Waals surface area contributed by atoms with E-state index in [1.165, 1.54) is 0 Å². The highest BCUT2D eigenvalue weighted by molar-refractivity contribution is 6.31. The van der Waals surface area contributed by atoms with Crippen molar-refractivity contribution in [3.8, 4) is 0 Å². The fourth-order valence-corrected chi connectivity index (χ4v) is 2.67. The summed E-state index contributed by atoms with van der Waals surface area (Å²) in [6, 6.07) is 15.2. The molecule has 0 aliphatic carbocycles. The summed E-state index contributed by atoms with van der Waals surface area (Å²) in [5, 5.41) is 1.51. The topological polar surface area (TPSA) is 33.5 Å². The van der Waals surface area contributed by atoms with Crippen molar-refractivity contribution in [1.82, 2.24) is 4.90 Å². The maximum Gasteiger partial charge on any atom is 0.289 e. The average molecular weight is 314 g/mol. The third-order valence-electron chi connectivity index (χ3n) is 3.70. The molecule has 0 atom stereocenters. The van der Waals surface area contributed by atoms with Gasteiger partial charge in [0.1, 0.15) is 5.58 Å². The van der Waals surface area contributed by atoms with Gasteiger partial charge in [0, 0.05) is 29.6 Å². The van der Waals surface area contributed by atoms with Gasteiger partial charge in [-0.15, -0.1) is 0 Å². The van der Waals surface area contributed by atoms with Crippen molar-refractivity contribution in [1.29, 1.82) is 0 Å². The zero-order valence-electron chi connectivity index (χ0n) is 12.5. The molecule has 1 heterocycles. The molecule has 0 saturated carbocycles. The third kappa shape index (κ3) is 2.72. The van der Waals surface area contributed by atoms with E-state index in [0.717, 1.165) is 16.5 Å². The molecule has 0 bridgehead atoms. The minimum Gasteiger partial charge on any atom is -0.451 e. The van der Waals surface area contributed by atoms with E-state index in [1.807, 2.05) is 43.3 Å². The van der Waals surface area contributed by atoms with Gasteiger partial charge < -0.3 is 9.32 Å². The molecule has 0 saturated heterocycles. The molecule has 3 rings (SSSR count). The predicted octanol–water partition coefficient (Wildman–Crippen LogP) is 4.67. The highest BCUT2D eigenvalue weighted by atomic mass is 35.5. The van der Waals surface area contributed by atoms with Crippen LogP contribution in [0, 0.1) is 6.92 Å². The first-order chi connectivity index (χ1) is 10.6.